The van der Waals surface area contributed by atoms with Gasteiger partial charge in [-0.2, -0.15) is 0 Å². The quantitative estimate of drug-likeness (QED) is 0.643. The summed E-state index contributed by atoms with van der Waals surface area (Å²) in [5.41, 5.74) is 0. The number of nitrogens with one attached hydrogen (secondary N) is 1. The van der Waals surface area contributed by atoms with Gasteiger partial charge >= 0.3 is 0 Å². The summed E-state index contributed by atoms with van der Waals surface area (Å²) in [4.78, 5) is 13.5. The van der Waals surface area contributed by atoms with Crippen LogP contribution in [0.5, 0.6) is 0 Å². The van der Waals surface area contributed by atoms with Gasteiger partial charge in [0, 0.05) is 25.7 Å². The van der Waals surface area contributed by atoms with Gasteiger partial charge in [-0.05, 0) is 25.7 Å². The van der Waals surface area contributed by atoms with E-state index in [2.05, 4.69) is 12.2 Å². The summed E-state index contributed by atoms with van der Waals surface area (Å²) >= 11 is 0. The molecule has 0 spiro atoms. The van der Waals surface area contributed by atoms with E-state index in [1.807, 2.05) is 11.9 Å². The van der Waals surface area contributed by atoms with Gasteiger partial charge in [0.2, 0.25) is 5.91 Å². The fourth-order valence-electron chi connectivity index (χ4n) is 1.63. The van der Waals surface area contributed by atoms with Gasteiger partial charge in [-0.1, -0.05) is 6.92 Å². The van der Waals surface area contributed by atoms with Crippen molar-refractivity contribution >= 4 is 5.91 Å². The average molecular weight is 214 g/mol. The first-order chi connectivity index (χ1) is 7.19. The Morgan fingerprint density at radius 3 is 2.73 bits per heavy atom. The van der Waals surface area contributed by atoms with E-state index in [0.29, 0.717) is 12.6 Å². The minimum atomic E-state index is 0.161. The molecule has 0 heterocycles. The highest BCUT2D eigenvalue weighted by Gasteiger charge is 2.29. The second kappa shape index (κ2) is 6.08. The lowest BCUT2D eigenvalue weighted by molar-refractivity contribution is -0.129. The summed E-state index contributed by atoms with van der Waals surface area (Å²) in [5.74, 6) is 0.161. The smallest absolute Gasteiger partial charge is 0.236 e. The van der Waals surface area contributed by atoms with Crippen LogP contribution in [0.2, 0.25) is 0 Å². The van der Waals surface area contributed by atoms with Gasteiger partial charge in [-0.15, -0.1) is 0 Å². The number of aliphatic hydroxyl groups is 1. The van der Waals surface area contributed by atoms with Crippen LogP contribution < -0.4 is 5.32 Å². The van der Waals surface area contributed by atoms with Crippen LogP contribution in [-0.2, 0) is 4.79 Å². The van der Waals surface area contributed by atoms with Crippen LogP contribution >= 0.6 is 0 Å². The molecule has 0 aliphatic heterocycles. The minimum Gasteiger partial charge on any atom is -0.396 e. The van der Waals surface area contributed by atoms with E-state index in [0.717, 1.165) is 25.7 Å². The Kier molecular flexibility index (Phi) is 5.05. The Balaban J connectivity index is 2.19. The molecule has 1 rings (SSSR count). The zero-order valence-corrected chi connectivity index (χ0v) is 9.70. The molecule has 1 aliphatic rings. The third-order valence-corrected chi connectivity index (χ3v) is 3.00. The average Bonchev–Trinajstić information content (AvgIpc) is 3.06. The number of carbonyl (C=O) groups excluding carboxylic acids is 1. The molecule has 0 aromatic carbocycles. The second-order valence-corrected chi connectivity index (χ2v) is 4.23. The number of hydrogen-bond acceptors (Lipinski definition) is 3. The van der Waals surface area contributed by atoms with E-state index < -0.39 is 0 Å². The van der Waals surface area contributed by atoms with Crippen molar-refractivity contribution in [1.82, 2.24) is 10.2 Å². The predicted molar refractivity (Wildman–Crippen MR) is 59.6 cm³/mol. The summed E-state index contributed by atoms with van der Waals surface area (Å²) in [7, 11) is 1.87. The molecule has 15 heavy (non-hydrogen) atoms. The van der Waals surface area contributed by atoms with Gasteiger partial charge < -0.3 is 15.3 Å². The molecule has 1 aliphatic carbocycles. The zero-order chi connectivity index (χ0) is 11.3. The van der Waals surface area contributed by atoms with E-state index in [1.54, 1.807) is 0 Å². The normalized spacial score (nSPS) is 17.5. The monoisotopic (exact) mass is 214 g/mol. The van der Waals surface area contributed by atoms with Gasteiger partial charge in [0.1, 0.15) is 0 Å². The van der Waals surface area contributed by atoms with Crippen LogP contribution in [0.4, 0.5) is 0 Å². The lowest BCUT2D eigenvalue weighted by Crippen LogP contribution is -2.41. The molecule has 1 atom stereocenters. The molecule has 0 bridgehead atoms. The summed E-state index contributed by atoms with van der Waals surface area (Å²) in [6, 6.07) is 0.740. The summed E-state index contributed by atoms with van der Waals surface area (Å²) in [5, 5.41) is 12.0. The van der Waals surface area contributed by atoms with Crippen molar-refractivity contribution in [2.75, 3.05) is 20.2 Å². The van der Waals surface area contributed by atoms with Crippen molar-refractivity contribution in [2.24, 2.45) is 0 Å². The topological polar surface area (TPSA) is 52.6 Å². The molecular weight excluding hydrogens is 192 g/mol. The summed E-state index contributed by atoms with van der Waals surface area (Å²) in [6.07, 6.45) is 3.96. The first kappa shape index (κ1) is 12.5. The first-order valence-electron chi connectivity index (χ1n) is 5.79. The Morgan fingerprint density at radius 2 is 2.27 bits per heavy atom. The summed E-state index contributed by atoms with van der Waals surface area (Å²) in [6.45, 7) is 2.63. The highest BCUT2D eigenvalue weighted by Crippen LogP contribution is 2.25. The van der Waals surface area contributed by atoms with Crippen LogP contribution in [-0.4, -0.2) is 48.2 Å². The Morgan fingerprint density at radius 1 is 1.60 bits per heavy atom. The maximum Gasteiger partial charge on any atom is 0.236 e. The zero-order valence-electron chi connectivity index (χ0n) is 9.70. The van der Waals surface area contributed by atoms with Crippen LogP contribution in [0, 0.1) is 0 Å². The summed E-state index contributed by atoms with van der Waals surface area (Å²) < 4.78 is 0. The fourth-order valence-corrected chi connectivity index (χ4v) is 1.63. The van der Waals surface area contributed by atoms with Crippen molar-refractivity contribution in [3.8, 4) is 0 Å². The van der Waals surface area contributed by atoms with Crippen LogP contribution in [0.25, 0.3) is 0 Å². The Bertz CT molecular complexity index is 205. The standard InChI is InChI=1S/C11H22N2O2/c1-3-9(6-7-14)12-8-11(15)13(2)10-4-5-10/h9-10,12,14H,3-8H2,1-2H3. The molecule has 1 saturated carbocycles. The number of amides is 1. The van der Waals surface area contributed by atoms with E-state index in [9.17, 15) is 4.79 Å². The van der Waals surface area contributed by atoms with Crippen molar-refractivity contribution in [1.29, 1.82) is 0 Å². The third kappa shape index (κ3) is 4.18. The lowest BCUT2D eigenvalue weighted by Gasteiger charge is -2.20. The number of aliphatic hydroxyl groups excluding tert-OH is 1. The molecule has 88 valence electrons. The van der Waals surface area contributed by atoms with Gasteiger partial charge in [-0.25, -0.2) is 0 Å². The highest BCUT2D eigenvalue weighted by atomic mass is 16.3. The largest absolute Gasteiger partial charge is 0.396 e. The van der Waals surface area contributed by atoms with Gasteiger partial charge in [0.15, 0.2) is 0 Å². The van der Waals surface area contributed by atoms with Gasteiger partial charge in [0.05, 0.1) is 6.54 Å². The molecule has 1 unspecified atom stereocenters. The van der Waals surface area contributed by atoms with Crippen LogP contribution in [0.1, 0.15) is 32.6 Å². The molecule has 0 aromatic rings. The SMILES string of the molecule is CCC(CCO)NCC(=O)N(C)C1CC1. The van der Waals surface area contributed by atoms with E-state index in [1.165, 1.54) is 0 Å². The molecule has 0 aromatic heterocycles. The maximum absolute atomic E-state index is 11.7. The van der Waals surface area contributed by atoms with E-state index in [4.69, 9.17) is 5.11 Å². The second-order valence-electron chi connectivity index (χ2n) is 4.23. The molecule has 4 heteroatoms. The van der Waals surface area contributed by atoms with Gasteiger partial charge in [-0.3, -0.25) is 4.79 Å². The van der Waals surface area contributed by atoms with Crippen molar-refractivity contribution in [2.45, 2.75) is 44.7 Å². The Labute approximate surface area is 91.6 Å². The van der Waals surface area contributed by atoms with Crippen molar-refractivity contribution in [3.63, 3.8) is 0 Å². The molecular formula is C11H22N2O2. The molecule has 0 radical (unpaired) electrons. The lowest BCUT2D eigenvalue weighted by atomic mass is 10.1. The fraction of sp³-hybridized carbons (Fsp3) is 0.909. The minimum absolute atomic E-state index is 0.161. The number of carbonyl (C=O) groups is 1. The molecule has 0 saturated heterocycles. The van der Waals surface area contributed by atoms with Gasteiger partial charge in [0.25, 0.3) is 0 Å². The van der Waals surface area contributed by atoms with E-state index >= 15 is 0 Å². The highest BCUT2D eigenvalue weighted by molar-refractivity contribution is 5.78. The number of likely N-dealkylation sites (N-methyl/N-ethyl adjacent to an activating group) is 1. The van der Waals surface area contributed by atoms with Crippen LogP contribution in [0.15, 0.2) is 0 Å². The van der Waals surface area contributed by atoms with E-state index in [-0.39, 0.29) is 18.6 Å². The Hall–Kier alpha value is -0.610. The third-order valence-electron chi connectivity index (χ3n) is 3.00. The van der Waals surface area contributed by atoms with Crippen LogP contribution in [0.3, 0.4) is 0 Å². The molecule has 1 fully saturated rings. The first-order valence-corrected chi connectivity index (χ1v) is 5.79. The molecule has 2 N–H and O–H groups in total. The predicted octanol–water partition coefficient (Wildman–Crippen LogP) is 0.358. The number of hydrogen-bond donors (Lipinski definition) is 2. The molecule has 4 nitrogen and oxygen atoms in total. The number of nitrogens with zero attached hydrogens (tertiary/aromatic N) is 1. The maximum atomic E-state index is 11.7. The van der Waals surface area contributed by atoms with Crippen molar-refractivity contribution < 1.29 is 9.90 Å². The number of rotatable bonds is 7. The van der Waals surface area contributed by atoms with Crippen molar-refractivity contribution in [3.05, 3.63) is 0 Å². The molecule has 1 amide bonds.